The molecule has 0 atom stereocenters. The molecule has 3 nitrogen and oxygen atoms in total. The van der Waals surface area contributed by atoms with Gasteiger partial charge in [0.1, 0.15) is 0 Å². The average Bonchev–Trinajstić information content (AvgIpc) is 2.83. The smallest absolute Gasteiger partial charge is 0.343 e. The number of hydrogen-bond donors (Lipinski definition) is 1. The van der Waals surface area contributed by atoms with Crippen molar-refractivity contribution in [2.75, 3.05) is 19.6 Å². The summed E-state index contributed by atoms with van der Waals surface area (Å²) in [6.07, 6.45) is -2.04. The summed E-state index contributed by atoms with van der Waals surface area (Å²) in [4.78, 5) is 13.2. The van der Waals surface area contributed by atoms with E-state index in [0.29, 0.717) is 19.5 Å². The Balaban J connectivity index is 0.00000242. The molecule has 0 aliphatic carbocycles. The monoisotopic (exact) mass is 336 g/mol. The molecule has 0 spiro atoms. The minimum absolute atomic E-state index is 0. The zero-order valence-corrected chi connectivity index (χ0v) is 13.0. The number of nitrogens with zero attached hydrogens (tertiary/aromatic N) is 1. The topological polar surface area (TPSA) is 32.3 Å². The number of nitrogens with one attached hydrogen (secondary N) is 1. The number of carbonyl (C=O) groups excluding carboxylic acids is 1. The van der Waals surface area contributed by atoms with Crippen LogP contribution in [0.15, 0.2) is 24.3 Å². The van der Waals surface area contributed by atoms with Gasteiger partial charge in [-0.25, -0.2) is 0 Å². The Bertz CT molecular complexity index is 494. The second-order valence-corrected chi connectivity index (χ2v) is 5.17. The first-order valence-electron chi connectivity index (χ1n) is 7.12. The van der Waals surface area contributed by atoms with Gasteiger partial charge in [0.25, 0.3) is 0 Å². The van der Waals surface area contributed by atoms with E-state index in [1.807, 2.05) is 4.90 Å². The first-order valence-corrected chi connectivity index (χ1v) is 7.12. The molecule has 1 saturated heterocycles. The molecule has 0 aromatic heterocycles. The standard InChI is InChI=1S/C15H19F3N2O.ClH/c16-15(17,18)13-6-2-1-5-12(13)11-19-8-4-10-20-9-3-7-14(20)21;/h1-2,5-6,19H,3-4,7-11H2;1H. The molecular weight excluding hydrogens is 317 g/mol. The summed E-state index contributed by atoms with van der Waals surface area (Å²) in [5.41, 5.74) is -0.338. The number of amides is 1. The fourth-order valence-electron chi connectivity index (χ4n) is 2.51. The zero-order valence-electron chi connectivity index (χ0n) is 12.2. The van der Waals surface area contributed by atoms with Crippen molar-refractivity contribution in [1.82, 2.24) is 10.2 Å². The van der Waals surface area contributed by atoms with Crippen LogP contribution in [0.3, 0.4) is 0 Å². The lowest BCUT2D eigenvalue weighted by Crippen LogP contribution is -2.28. The van der Waals surface area contributed by atoms with Gasteiger partial charge in [-0.2, -0.15) is 13.2 Å². The minimum Gasteiger partial charge on any atom is -0.343 e. The van der Waals surface area contributed by atoms with Crippen molar-refractivity contribution in [3.8, 4) is 0 Å². The van der Waals surface area contributed by atoms with Crippen LogP contribution in [0.1, 0.15) is 30.4 Å². The van der Waals surface area contributed by atoms with E-state index in [4.69, 9.17) is 0 Å². The number of carbonyl (C=O) groups is 1. The number of likely N-dealkylation sites (tertiary alicyclic amines) is 1. The van der Waals surface area contributed by atoms with Crippen molar-refractivity contribution < 1.29 is 18.0 Å². The van der Waals surface area contributed by atoms with Gasteiger partial charge in [-0.15, -0.1) is 12.4 Å². The van der Waals surface area contributed by atoms with Gasteiger partial charge in [0.05, 0.1) is 5.56 Å². The van der Waals surface area contributed by atoms with Gasteiger partial charge >= 0.3 is 6.18 Å². The normalized spacial score (nSPS) is 15.0. The maximum atomic E-state index is 12.8. The molecule has 1 amide bonds. The van der Waals surface area contributed by atoms with E-state index in [2.05, 4.69) is 5.32 Å². The first kappa shape index (κ1) is 18.8. The molecule has 0 bridgehead atoms. The van der Waals surface area contributed by atoms with Gasteiger partial charge in [0, 0.05) is 26.1 Å². The maximum absolute atomic E-state index is 12.8. The highest BCUT2D eigenvalue weighted by atomic mass is 35.5. The molecule has 1 aliphatic rings. The van der Waals surface area contributed by atoms with Crippen molar-refractivity contribution in [3.63, 3.8) is 0 Å². The second kappa shape index (κ2) is 8.39. The highest BCUT2D eigenvalue weighted by molar-refractivity contribution is 5.85. The quantitative estimate of drug-likeness (QED) is 0.809. The van der Waals surface area contributed by atoms with Crippen molar-refractivity contribution in [3.05, 3.63) is 35.4 Å². The predicted molar refractivity (Wildman–Crippen MR) is 80.8 cm³/mol. The van der Waals surface area contributed by atoms with Crippen molar-refractivity contribution in [2.45, 2.75) is 32.0 Å². The fraction of sp³-hybridized carbons (Fsp3) is 0.533. The number of hydrogen-bond acceptors (Lipinski definition) is 2. The molecule has 1 aromatic carbocycles. The highest BCUT2D eigenvalue weighted by Gasteiger charge is 2.32. The molecule has 22 heavy (non-hydrogen) atoms. The molecule has 124 valence electrons. The van der Waals surface area contributed by atoms with Crippen LogP contribution in [-0.4, -0.2) is 30.4 Å². The highest BCUT2D eigenvalue weighted by Crippen LogP contribution is 2.31. The van der Waals surface area contributed by atoms with Crippen molar-refractivity contribution >= 4 is 18.3 Å². The van der Waals surface area contributed by atoms with Crippen LogP contribution in [0.25, 0.3) is 0 Å². The molecule has 1 aliphatic heterocycles. The predicted octanol–water partition coefficient (Wildman–Crippen LogP) is 3.23. The van der Waals surface area contributed by atoms with Gasteiger partial charge in [-0.05, 0) is 31.0 Å². The molecule has 7 heteroatoms. The van der Waals surface area contributed by atoms with Crippen LogP contribution in [0.5, 0.6) is 0 Å². The number of rotatable bonds is 6. The number of halogens is 4. The molecule has 0 radical (unpaired) electrons. The van der Waals surface area contributed by atoms with Crippen molar-refractivity contribution in [2.24, 2.45) is 0 Å². The second-order valence-electron chi connectivity index (χ2n) is 5.17. The minimum atomic E-state index is -4.32. The molecular formula is C15H20ClF3N2O. The van der Waals surface area contributed by atoms with E-state index in [9.17, 15) is 18.0 Å². The molecule has 1 aromatic rings. The van der Waals surface area contributed by atoms with Crippen LogP contribution in [0.2, 0.25) is 0 Å². The number of benzene rings is 1. The molecule has 1 N–H and O–H groups in total. The Hall–Kier alpha value is -1.27. The lowest BCUT2D eigenvalue weighted by atomic mass is 10.1. The van der Waals surface area contributed by atoms with Gasteiger partial charge < -0.3 is 10.2 Å². The van der Waals surface area contributed by atoms with E-state index in [-0.39, 0.29) is 30.4 Å². The van der Waals surface area contributed by atoms with Crippen LogP contribution in [-0.2, 0) is 17.5 Å². The summed E-state index contributed by atoms with van der Waals surface area (Å²) in [5.74, 6) is 0.178. The third kappa shape index (κ3) is 5.18. The zero-order chi connectivity index (χ0) is 15.3. The summed E-state index contributed by atoms with van der Waals surface area (Å²) in [6.45, 7) is 2.25. The van der Waals surface area contributed by atoms with E-state index in [1.54, 1.807) is 6.07 Å². The summed E-state index contributed by atoms with van der Waals surface area (Å²) >= 11 is 0. The molecule has 2 rings (SSSR count). The Morgan fingerprint density at radius 1 is 1.23 bits per heavy atom. The lowest BCUT2D eigenvalue weighted by molar-refractivity contribution is -0.138. The summed E-state index contributed by atoms with van der Waals surface area (Å²) in [6, 6.07) is 5.58. The molecule has 0 saturated carbocycles. The van der Waals surface area contributed by atoms with E-state index in [1.165, 1.54) is 12.1 Å². The molecule has 1 heterocycles. The molecule has 1 fully saturated rings. The largest absolute Gasteiger partial charge is 0.416 e. The Kier molecular flexibility index (Phi) is 7.16. The Morgan fingerprint density at radius 3 is 2.59 bits per heavy atom. The van der Waals surface area contributed by atoms with Crippen molar-refractivity contribution in [1.29, 1.82) is 0 Å². The van der Waals surface area contributed by atoms with Gasteiger partial charge in [0.2, 0.25) is 5.91 Å². The Morgan fingerprint density at radius 2 is 1.95 bits per heavy atom. The Labute approximate surface area is 134 Å². The first-order chi connectivity index (χ1) is 9.98. The van der Waals surface area contributed by atoms with Crippen LogP contribution >= 0.6 is 12.4 Å². The summed E-state index contributed by atoms with van der Waals surface area (Å²) in [7, 11) is 0. The third-order valence-corrected chi connectivity index (χ3v) is 3.59. The maximum Gasteiger partial charge on any atom is 0.416 e. The lowest BCUT2D eigenvalue weighted by Gasteiger charge is -2.16. The van der Waals surface area contributed by atoms with Crippen LogP contribution in [0.4, 0.5) is 13.2 Å². The van der Waals surface area contributed by atoms with E-state index in [0.717, 1.165) is 25.5 Å². The van der Waals surface area contributed by atoms with Gasteiger partial charge in [-0.1, -0.05) is 18.2 Å². The number of alkyl halides is 3. The summed E-state index contributed by atoms with van der Waals surface area (Å²) < 4.78 is 38.4. The fourth-order valence-corrected chi connectivity index (χ4v) is 2.51. The average molecular weight is 337 g/mol. The van der Waals surface area contributed by atoms with E-state index < -0.39 is 11.7 Å². The summed E-state index contributed by atoms with van der Waals surface area (Å²) in [5, 5.41) is 3.01. The van der Waals surface area contributed by atoms with Crippen LogP contribution in [0, 0.1) is 0 Å². The van der Waals surface area contributed by atoms with Gasteiger partial charge in [-0.3, -0.25) is 4.79 Å². The van der Waals surface area contributed by atoms with Crippen LogP contribution < -0.4 is 5.32 Å². The third-order valence-electron chi connectivity index (χ3n) is 3.59. The van der Waals surface area contributed by atoms with E-state index >= 15 is 0 Å². The molecule has 0 unspecified atom stereocenters. The van der Waals surface area contributed by atoms with Gasteiger partial charge in [0.15, 0.2) is 0 Å². The SMILES string of the molecule is Cl.O=C1CCCN1CCCNCc1ccccc1C(F)(F)F.